The highest BCUT2D eigenvalue weighted by molar-refractivity contribution is 5.93. The molecule has 0 radical (unpaired) electrons. The van der Waals surface area contributed by atoms with E-state index in [9.17, 15) is 4.79 Å². The maximum Gasteiger partial charge on any atom is 0.350 e. The molecule has 2 rings (SSSR count). The summed E-state index contributed by atoms with van der Waals surface area (Å²) in [5, 5.41) is 9.10. The minimum Gasteiger partial charge on any atom is -0.462 e. The Morgan fingerprint density at radius 2 is 2.35 bits per heavy atom. The molecule has 4 nitrogen and oxygen atoms in total. The van der Waals surface area contributed by atoms with Gasteiger partial charge in [0.15, 0.2) is 5.57 Å². The van der Waals surface area contributed by atoms with Crippen molar-refractivity contribution in [3.8, 4) is 6.07 Å². The van der Waals surface area contributed by atoms with Crippen molar-refractivity contribution >= 4 is 11.7 Å². The van der Waals surface area contributed by atoms with E-state index >= 15 is 0 Å². The fourth-order valence-corrected chi connectivity index (χ4v) is 2.38. The van der Waals surface area contributed by atoms with E-state index < -0.39 is 5.97 Å². The zero-order valence-electron chi connectivity index (χ0n) is 11.8. The first-order chi connectivity index (χ1) is 9.65. The van der Waals surface area contributed by atoms with Gasteiger partial charge in [-0.2, -0.15) is 5.26 Å². The van der Waals surface area contributed by atoms with E-state index in [-0.39, 0.29) is 12.2 Å². The molecule has 4 heteroatoms. The highest BCUT2D eigenvalue weighted by atomic mass is 16.5. The van der Waals surface area contributed by atoms with E-state index in [1.165, 1.54) is 11.1 Å². The highest BCUT2D eigenvalue weighted by Crippen LogP contribution is 2.28. The first kappa shape index (κ1) is 14.1. The fraction of sp³-hybridized carbons (Fsp3) is 0.375. The van der Waals surface area contributed by atoms with Gasteiger partial charge in [0, 0.05) is 18.4 Å². The summed E-state index contributed by atoms with van der Waals surface area (Å²) in [4.78, 5) is 13.6. The molecule has 1 aromatic rings. The van der Waals surface area contributed by atoms with Crippen LogP contribution in [0, 0.1) is 18.3 Å². The van der Waals surface area contributed by atoms with E-state index in [2.05, 4.69) is 13.0 Å². The molecule has 0 saturated heterocycles. The average Bonchev–Trinajstić information content (AvgIpc) is 2.44. The second-order valence-electron chi connectivity index (χ2n) is 4.80. The molecule has 0 spiro atoms. The van der Waals surface area contributed by atoms with Gasteiger partial charge in [0.25, 0.3) is 0 Å². The van der Waals surface area contributed by atoms with Crippen LogP contribution in [0.2, 0.25) is 0 Å². The lowest BCUT2D eigenvalue weighted by Crippen LogP contribution is -2.25. The molecule has 1 heterocycles. The minimum atomic E-state index is -0.561. The number of hydrogen-bond acceptors (Lipinski definition) is 4. The van der Waals surface area contributed by atoms with Crippen LogP contribution in [0.25, 0.3) is 0 Å². The lowest BCUT2D eigenvalue weighted by molar-refractivity contribution is -0.138. The van der Waals surface area contributed by atoms with Gasteiger partial charge < -0.3 is 9.64 Å². The summed E-state index contributed by atoms with van der Waals surface area (Å²) in [7, 11) is 0. The standard InChI is InChI=1S/C16H18N2O2/c1-3-20-16(19)14(10-17)11-18-8-4-5-13-9-12(2)6-7-15(13)18/h6-7,9,11H,3-5,8H2,1-2H3/b14-11+. The van der Waals surface area contributed by atoms with Crippen LogP contribution < -0.4 is 4.90 Å². The van der Waals surface area contributed by atoms with Crippen LogP contribution in [-0.4, -0.2) is 19.1 Å². The first-order valence-corrected chi connectivity index (χ1v) is 6.81. The lowest BCUT2D eigenvalue weighted by Gasteiger charge is -2.28. The number of nitriles is 1. The van der Waals surface area contributed by atoms with E-state index in [1.54, 1.807) is 13.1 Å². The Kier molecular flexibility index (Phi) is 4.41. The number of benzene rings is 1. The highest BCUT2D eigenvalue weighted by Gasteiger charge is 2.18. The predicted octanol–water partition coefficient (Wildman–Crippen LogP) is 2.72. The van der Waals surface area contributed by atoms with Gasteiger partial charge in [-0.3, -0.25) is 0 Å². The largest absolute Gasteiger partial charge is 0.462 e. The zero-order valence-corrected chi connectivity index (χ0v) is 11.8. The van der Waals surface area contributed by atoms with E-state index in [0.717, 1.165) is 25.1 Å². The zero-order chi connectivity index (χ0) is 14.5. The van der Waals surface area contributed by atoms with Crippen molar-refractivity contribution in [2.24, 2.45) is 0 Å². The van der Waals surface area contributed by atoms with Crippen molar-refractivity contribution in [1.82, 2.24) is 0 Å². The van der Waals surface area contributed by atoms with Gasteiger partial charge in [-0.25, -0.2) is 4.79 Å². The number of fused-ring (bicyclic) bond motifs is 1. The SMILES string of the molecule is CCOC(=O)/C(C#N)=C/N1CCCc2cc(C)ccc21. The van der Waals surface area contributed by atoms with Crippen LogP contribution >= 0.6 is 0 Å². The number of anilines is 1. The molecular weight excluding hydrogens is 252 g/mol. The molecule has 0 atom stereocenters. The molecule has 1 aliphatic rings. The van der Waals surface area contributed by atoms with Crippen molar-refractivity contribution in [2.75, 3.05) is 18.1 Å². The number of carbonyl (C=O) groups is 1. The Morgan fingerprint density at radius 1 is 1.55 bits per heavy atom. The summed E-state index contributed by atoms with van der Waals surface area (Å²) in [6.07, 6.45) is 3.64. The van der Waals surface area contributed by atoms with E-state index in [1.807, 2.05) is 23.1 Å². The topological polar surface area (TPSA) is 53.3 Å². The molecule has 0 bridgehead atoms. The van der Waals surface area contributed by atoms with Gasteiger partial charge in [-0.15, -0.1) is 0 Å². The molecule has 0 amide bonds. The molecule has 0 aromatic heterocycles. The second-order valence-corrected chi connectivity index (χ2v) is 4.80. The first-order valence-electron chi connectivity index (χ1n) is 6.81. The Hall–Kier alpha value is -2.28. The molecule has 20 heavy (non-hydrogen) atoms. The van der Waals surface area contributed by atoms with Gasteiger partial charge >= 0.3 is 5.97 Å². The molecule has 1 aromatic carbocycles. The molecule has 0 aliphatic carbocycles. The monoisotopic (exact) mass is 270 g/mol. The molecule has 0 N–H and O–H groups in total. The van der Waals surface area contributed by atoms with Gasteiger partial charge in [0.2, 0.25) is 0 Å². The molecular formula is C16H18N2O2. The summed E-state index contributed by atoms with van der Waals surface area (Å²) >= 11 is 0. The molecule has 0 fully saturated rings. The van der Waals surface area contributed by atoms with E-state index in [4.69, 9.17) is 10.00 Å². The maximum atomic E-state index is 11.7. The van der Waals surface area contributed by atoms with Crippen LogP contribution in [0.4, 0.5) is 5.69 Å². The number of nitrogens with zero attached hydrogens (tertiary/aromatic N) is 2. The number of ether oxygens (including phenoxy) is 1. The van der Waals surface area contributed by atoms with Gasteiger partial charge in [0.1, 0.15) is 6.07 Å². The van der Waals surface area contributed by atoms with Crippen molar-refractivity contribution in [3.63, 3.8) is 0 Å². The summed E-state index contributed by atoms with van der Waals surface area (Å²) in [6.45, 7) is 4.87. The number of rotatable bonds is 3. The summed E-state index contributed by atoms with van der Waals surface area (Å²) in [6, 6.07) is 8.16. The van der Waals surface area contributed by atoms with Crippen molar-refractivity contribution < 1.29 is 9.53 Å². The Balaban J connectivity index is 2.31. The third-order valence-corrected chi connectivity index (χ3v) is 3.29. The maximum absolute atomic E-state index is 11.7. The predicted molar refractivity (Wildman–Crippen MR) is 77.2 cm³/mol. The average molecular weight is 270 g/mol. The Bertz CT molecular complexity index is 585. The molecule has 0 unspecified atom stereocenters. The molecule has 1 aliphatic heterocycles. The van der Waals surface area contributed by atoms with Crippen LogP contribution in [0.1, 0.15) is 24.5 Å². The van der Waals surface area contributed by atoms with Crippen molar-refractivity contribution in [2.45, 2.75) is 26.7 Å². The lowest BCUT2D eigenvalue weighted by atomic mass is 10.00. The summed E-state index contributed by atoms with van der Waals surface area (Å²) in [5.41, 5.74) is 3.59. The quantitative estimate of drug-likeness (QED) is 0.481. The summed E-state index contributed by atoms with van der Waals surface area (Å²) in [5.74, 6) is -0.561. The number of esters is 1. The molecule has 104 valence electrons. The van der Waals surface area contributed by atoms with Gasteiger partial charge in [-0.05, 0) is 38.3 Å². The van der Waals surface area contributed by atoms with Crippen LogP contribution in [-0.2, 0) is 16.0 Å². The number of aryl methyl sites for hydroxylation is 2. The van der Waals surface area contributed by atoms with Crippen molar-refractivity contribution in [3.05, 3.63) is 41.1 Å². The normalized spacial score (nSPS) is 14.4. The smallest absolute Gasteiger partial charge is 0.350 e. The summed E-state index contributed by atoms with van der Waals surface area (Å²) < 4.78 is 4.89. The van der Waals surface area contributed by atoms with Crippen molar-refractivity contribution in [1.29, 1.82) is 5.26 Å². The third-order valence-electron chi connectivity index (χ3n) is 3.29. The van der Waals surface area contributed by atoms with Crippen LogP contribution in [0.15, 0.2) is 30.0 Å². The fourth-order valence-electron chi connectivity index (χ4n) is 2.38. The molecule has 0 saturated carbocycles. The Morgan fingerprint density at radius 3 is 3.05 bits per heavy atom. The van der Waals surface area contributed by atoms with Crippen LogP contribution in [0.3, 0.4) is 0 Å². The van der Waals surface area contributed by atoms with Crippen LogP contribution in [0.5, 0.6) is 0 Å². The van der Waals surface area contributed by atoms with E-state index in [0.29, 0.717) is 0 Å². The minimum absolute atomic E-state index is 0.0419. The Labute approximate surface area is 119 Å². The third kappa shape index (κ3) is 3.00. The number of hydrogen-bond donors (Lipinski definition) is 0. The number of carbonyl (C=O) groups excluding carboxylic acids is 1. The van der Waals surface area contributed by atoms with Gasteiger partial charge in [0.05, 0.1) is 6.61 Å². The van der Waals surface area contributed by atoms with Gasteiger partial charge in [-0.1, -0.05) is 17.7 Å². The second kappa shape index (κ2) is 6.25.